The van der Waals surface area contributed by atoms with Crippen molar-refractivity contribution in [2.75, 3.05) is 26.3 Å². The van der Waals surface area contributed by atoms with E-state index in [-0.39, 0.29) is 44.6 Å². The fourth-order valence-corrected chi connectivity index (χ4v) is 9.75. The molecule has 3 aliphatic rings. The Balaban J connectivity index is 1.11. The number of carbonyl (C=O) groups is 1. The normalized spacial score (nSPS) is 28.9. The molecule has 11 heteroatoms. The minimum Gasteiger partial charge on any atom is -0.374 e. The van der Waals surface area contributed by atoms with Crippen LogP contribution in [0.3, 0.4) is 0 Å². The molecule has 4 heterocycles. The summed E-state index contributed by atoms with van der Waals surface area (Å²) in [4.78, 5) is 17.5. The molecule has 1 N–H and O–H groups in total. The lowest BCUT2D eigenvalue weighted by Crippen LogP contribution is -2.57. The van der Waals surface area contributed by atoms with Crippen LogP contribution in [0.5, 0.6) is 0 Å². The maximum absolute atomic E-state index is 13.0. The molecule has 3 unspecified atom stereocenters. The van der Waals surface area contributed by atoms with Gasteiger partial charge in [-0.1, -0.05) is 45.4 Å². The highest BCUT2D eigenvalue weighted by Crippen LogP contribution is 2.63. The summed E-state index contributed by atoms with van der Waals surface area (Å²) in [6.45, 7) is 21.4. The van der Waals surface area contributed by atoms with E-state index in [2.05, 4.69) is 59.8 Å². The zero-order chi connectivity index (χ0) is 35.2. The van der Waals surface area contributed by atoms with E-state index >= 15 is 0 Å². The fourth-order valence-electron chi connectivity index (χ4n) is 9.66. The Morgan fingerprint density at radius 2 is 1.80 bits per heavy atom. The summed E-state index contributed by atoms with van der Waals surface area (Å²) < 4.78 is 20.8. The number of hydrogen-bond acceptors (Lipinski definition) is 9. The highest BCUT2D eigenvalue weighted by Gasteiger charge is 2.58. The van der Waals surface area contributed by atoms with Crippen molar-refractivity contribution in [1.29, 1.82) is 0 Å². The molecule has 3 fully saturated rings. The Labute approximate surface area is 296 Å². The van der Waals surface area contributed by atoms with Crippen LogP contribution in [0.25, 0.3) is 11.1 Å². The molecule has 3 aromatic heterocycles. The molecule has 1 aliphatic heterocycles. The largest absolute Gasteiger partial charge is 0.374 e. The number of aromatic nitrogens is 5. The molecule has 2 bridgehead atoms. The van der Waals surface area contributed by atoms with Crippen molar-refractivity contribution in [3.63, 3.8) is 0 Å². The monoisotopic (exact) mass is 692 g/mol. The highest BCUT2D eigenvalue weighted by molar-refractivity contribution is 6.30. The molecule has 6 rings (SSSR count). The fraction of sp³-hybridized carbons (Fsp3) is 0.658. The summed E-state index contributed by atoms with van der Waals surface area (Å²) in [6, 6.07) is 5.30. The molecule has 4 atom stereocenters. The Morgan fingerprint density at radius 3 is 2.49 bits per heavy atom. The maximum Gasteiger partial charge on any atom is 0.231 e. The minimum absolute atomic E-state index is 0.0177. The Kier molecular flexibility index (Phi) is 9.87. The first kappa shape index (κ1) is 36.0. The Bertz CT molecular complexity index is 1670. The van der Waals surface area contributed by atoms with Gasteiger partial charge in [0, 0.05) is 36.1 Å². The first-order valence-electron chi connectivity index (χ1n) is 17.7. The van der Waals surface area contributed by atoms with Crippen LogP contribution in [0.4, 0.5) is 0 Å². The number of nitrogens with one attached hydrogen (secondary N) is 1. The number of ether oxygens (including phenoxy) is 3. The molecule has 0 amide bonds. The summed E-state index contributed by atoms with van der Waals surface area (Å²) in [6.07, 6.45) is 10.2. The van der Waals surface area contributed by atoms with Gasteiger partial charge < -0.3 is 19.5 Å². The predicted octanol–water partition coefficient (Wildman–Crippen LogP) is 7.14. The Hall–Kier alpha value is -2.76. The topological polar surface area (TPSA) is 113 Å². The molecule has 0 spiro atoms. The van der Waals surface area contributed by atoms with Crippen LogP contribution < -0.4 is 5.32 Å². The number of pyridine rings is 1. The van der Waals surface area contributed by atoms with Crippen LogP contribution in [-0.2, 0) is 20.8 Å². The first-order chi connectivity index (χ1) is 23.0. The van der Waals surface area contributed by atoms with Gasteiger partial charge in [0.25, 0.3) is 0 Å². The second-order valence-electron chi connectivity index (χ2n) is 17.0. The molecular formula is C38H53ClN6O4. The number of hydrogen-bond donors (Lipinski definition) is 1. The lowest BCUT2D eigenvalue weighted by Gasteiger charge is -2.61. The number of nitrogens with zero attached hydrogens (tertiary/aromatic N) is 5. The average molecular weight is 693 g/mol. The van der Waals surface area contributed by atoms with Crippen molar-refractivity contribution in [1.82, 2.24) is 30.3 Å². The molecule has 49 heavy (non-hydrogen) atoms. The van der Waals surface area contributed by atoms with Crippen LogP contribution in [0.1, 0.15) is 108 Å². The summed E-state index contributed by atoms with van der Waals surface area (Å²) in [5, 5.41) is 16.6. The molecule has 1 saturated heterocycles. The van der Waals surface area contributed by atoms with E-state index < -0.39 is 5.79 Å². The van der Waals surface area contributed by atoms with Gasteiger partial charge in [0.1, 0.15) is 11.4 Å². The van der Waals surface area contributed by atoms with Gasteiger partial charge in [-0.3, -0.25) is 14.5 Å². The van der Waals surface area contributed by atoms with Gasteiger partial charge in [-0.2, -0.15) is 5.10 Å². The number of halogens is 1. The molecule has 3 aromatic rings. The van der Waals surface area contributed by atoms with Crippen molar-refractivity contribution in [3.8, 4) is 11.1 Å². The van der Waals surface area contributed by atoms with E-state index in [1.807, 2.05) is 26.1 Å². The van der Waals surface area contributed by atoms with Crippen LogP contribution in [-0.4, -0.2) is 74.5 Å². The van der Waals surface area contributed by atoms with Crippen LogP contribution in [0.2, 0.25) is 5.15 Å². The first-order valence-corrected chi connectivity index (χ1v) is 18.1. The zero-order valence-electron chi connectivity index (χ0n) is 30.5. The van der Waals surface area contributed by atoms with Gasteiger partial charge in [-0.25, -0.2) is 0 Å². The standard InChI is InChI=1S/C38H53ClN6O4/c1-25-15-31(43-44-33(25)39)32(46)30-10-9-27(16-41-30)29-17-42-45(26(29)2)24-37(8)21-36(7)19-34(3,4)20-38(22-36,23-37)47-14-13-40-12-11-28-18-48-35(5,6)49-28/h9-10,15-17,28,40H,11-14,18-24H2,1-8H3/t28-,36?,37?,38?/m0/s1. The quantitative estimate of drug-likeness (QED) is 0.156. The third-order valence-corrected chi connectivity index (χ3v) is 10.9. The summed E-state index contributed by atoms with van der Waals surface area (Å²) >= 11 is 5.99. The highest BCUT2D eigenvalue weighted by atomic mass is 35.5. The zero-order valence-corrected chi connectivity index (χ0v) is 31.2. The van der Waals surface area contributed by atoms with Gasteiger partial charge in [0.05, 0.1) is 31.1 Å². The van der Waals surface area contributed by atoms with Crippen LogP contribution in [0, 0.1) is 30.1 Å². The van der Waals surface area contributed by atoms with Crippen molar-refractivity contribution in [2.45, 2.75) is 118 Å². The number of ketones is 1. The average Bonchev–Trinajstić information content (AvgIpc) is 3.53. The smallest absolute Gasteiger partial charge is 0.231 e. The van der Waals surface area contributed by atoms with Crippen molar-refractivity contribution in [3.05, 3.63) is 58.4 Å². The SMILES string of the molecule is Cc1cc(C(=O)c2ccc(-c3cnn(CC4(C)CC5(C)CC(C)(C)CC(OCCNCC[C@H]6COC(C)(C)O6)(C4)C5)c3C)cn2)nnc1Cl. The van der Waals surface area contributed by atoms with Gasteiger partial charge in [0.2, 0.25) is 5.78 Å². The molecule has 266 valence electrons. The third kappa shape index (κ3) is 8.25. The van der Waals surface area contributed by atoms with Crippen LogP contribution in [0.15, 0.2) is 30.6 Å². The summed E-state index contributed by atoms with van der Waals surface area (Å²) in [5.41, 5.74) is 4.51. The predicted molar refractivity (Wildman–Crippen MR) is 190 cm³/mol. The molecule has 2 aliphatic carbocycles. The van der Waals surface area contributed by atoms with Gasteiger partial charge in [0.15, 0.2) is 10.9 Å². The van der Waals surface area contributed by atoms with E-state index in [4.69, 9.17) is 30.9 Å². The van der Waals surface area contributed by atoms with E-state index in [0.717, 1.165) is 68.6 Å². The summed E-state index contributed by atoms with van der Waals surface area (Å²) in [7, 11) is 0. The second-order valence-corrected chi connectivity index (χ2v) is 17.3. The summed E-state index contributed by atoms with van der Waals surface area (Å²) in [5.74, 6) is -0.764. The Morgan fingerprint density at radius 1 is 1.00 bits per heavy atom. The van der Waals surface area contributed by atoms with E-state index in [0.29, 0.717) is 24.5 Å². The molecule has 10 nitrogen and oxygen atoms in total. The number of rotatable bonds is 12. The number of aryl methyl sites for hydroxylation is 1. The van der Waals surface area contributed by atoms with Gasteiger partial charge in [-0.05, 0) is 107 Å². The van der Waals surface area contributed by atoms with Gasteiger partial charge in [-0.15, -0.1) is 10.2 Å². The number of carbonyl (C=O) groups excluding carboxylic acids is 1. The maximum atomic E-state index is 13.0. The lowest BCUT2D eigenvalue weighted by atomic mass is 9.48. The van der Waals surface area contributed by atoms with Crippen molar-refractivity contribution < 1.29 is 19.0 Å². The lowest BCUT2D eigenvalue weighted by molar-refractivity contribution is -0.192. The molecule has 0 radical (unpaired) electrons. The van der Waals surface area contributed by atoms with E-state index in [1.165, 1.54) is 6.42 Å². The minimum atomic E-state index is -0.476. The molecular weight excluding hydrogens is 640 g/mol. The van der Waals surface area contributed by atoms with E-state index in [9.17, 15) is 4.79 Å². The van der Waals surface area contributed by atoms with E-state index in [1.54, 1.807) is 25.3 Å². The molecule has 2 saturated carbocycles. The van der Waals surface area contributed by atoms with Crippen molar-refractivity contribution >= 4 is 17.4 Å². The van der Waals surface area contributed by atoms with Gasteiger partial charge >= 0.3 is 0 Å². The number of fused-ring (bicyclic) bond motifs is 2. The van der Waals surface area contributed by atoms with Crippen LogP contribution >= 0.6 is 11.6 Å². The third-order valence-electron chi connectivity index (χ3n) is 10.6. The second kappa shape index (κ2) is 13.4. The molecule has 0 aromatic carbocycles. The van der Waals surface area contributed by atoms with Crippen molar-refractivity contribution in [2.24, 2.45) is 16.2 Å².